The maximum Gasteiger partial charge on any atom is 0.230 e. The van der Waals surface area contributed by atoms with Crippen molar-refractivity contribution in [3.8, 4) is 11.1 Å². The lowest BCUT2D eigenvalue weighted by Crippen LogP contribution is -2.20. The van der Waals surface area contributed by atoms with E-state index in [1.165, 1.54) is 5.56 Å². The van der Waals surface area contributed by atoms with Crippen molar-refractivity contribution in [3.05, 3.63) is 59.7 Å². The molecule has 2 N–H and O–H groups in total. The average Bonchev–Trinajstić information content (AvgIpc) is 2.46. The Kier molecular flexibility index (Phi) is 5.28. The molecule has 2 aromatic carbocycles. The molecule has 1 amide bonds. The van der Waals surface area contributed by atoms with Gasteiger partial charge in [0.15, 0.2) is 0 Å². The molecule has 0 aliphatic rings. The number of carbonyl (C=O) groups is 1. The molecule has 0 heterocycles. The van der Waals surface area contributed by atoms with Crippen LogP contribution in [0.4, 0.5) is 0 Å². The lowest BCUT2D eigenvalue weighted by atomic mass is 10.0. The van der Waals surface area contributed by atoms with E-state index in [1.807, 2.05) is 24.3 Å². The van der Waals surface area contributed by atoms with Crippen LogP contribution in [-0.2, 0) is 27.8 Å². The summed E-state index contributed by atoms with van der Waals surface area (Å²) in [5.74, 6) is -0.265. The van der Waals surface area contributed by atoms with Crippen molar-refractivity contribution in [2.24, 2.45) is 5.73 Å². The third-order valence-corrected chi connectivity index (χ3v) is 4.52. The number of rotatable bonds is 6. The molecule has 0 bridgehead atoms. The number of hydrogen-bond acceptors (Lipinski definition) is 2. The fourth-order valence-corrected chi connectivity index (χ4v) is 3.14. The molecular weight excluding hydrogens is 282 g/mol. The minimum atomic E-state index is -1.25. The highest BCUT2D eigenvalue weighted by molar-refractivity contribution is 7.84. The Morgan fingerprint density at radius 1 is 1.05 bits per heavy atom. The highest BCUT2D eigenvalue weighted by Crippen LogP contribution is 2.21. The quantitative estimate of drug-likeness (QED) is 0.891. The molecule has 21 heavy (non-hydrogen) atoms. The molecule has 0 aromatic heterocycles. The summed E-state index contributed by atoms with van der Waals surface area (Å²) >= 11 is 0. The molecule has 0 fully saturated rings. The van der Waals surface area contributed by atoms with Gasteiger partial charge in [-0.1, -0.05) is 55.5 Å². The number of amides is 1. The van der Waals surface area contributed by atoms with E-state index in [2.05, 4.69) is 31.2 Å². The van der Waals surface area contributed by atoms with Crippen LogP contribution in [-0.4, -0.2) is 15.9 Å². The van der Waals surface area contributed by atoms with E-state index in [0.717, 1.165) is 23.1 Å². The van der Waals surface area contributed by atoms with Gasteiger partial charge in [0.25, 0.3) is 0 Å². The van der Waals surface area contributed by atoms with Crippen LogP contribution in [0.15, 0.2) is 48.5 Å². The first-order valence-corrected chi connectivity index (χ1v) is 8.39. The molecule has 0 aliphatic heterocycles. The predicted molar refractivity (Wildman–Crippen MR) is 87.2 cm³/mol. The van der Waals surface area contributed by atoms with Crippen LogP contribution in [0.3, 0.4) is 0 Å². The molecule has 4 heteroatoms. The van der Waals surface area contributed by atoms with E-state index in [4.69, 9.17) is 5.73 Å². The molecule has 0 aliphatic carbocycles. The Morgan fingerprint density at radius 2 is 1.76 bits per heavy atom. The second kappa shape index (κ2) is 7.18. The topological polar surface area (TPSA) is 60.2 Å². The Labute approximate surface area is 127 Å². The normalized spacial score (nSPS) is 12.0. The van der Waals surface area contributed by atoms with Crippen molar-refractivity contribution in [2.75, 3.05) is 5.75 Å². The average molecular weight is 301 g/mol. The van der Waals surface area contributed by atoms with E-state index in [-0.39, 0.29) is 5.75 Å². The lowest BCUT2D eigenvalue weighted by Gasteiger charge is -2.06. The first-order valence-electron chi connectivity index (χ1n) is 6.90. The van der Waals surface area contributed by atoms with E-state index in [0.29, 0.717) is 5.75 Å². The minimum absolute atomic E-state index is 0.0879. The van der Waals surface area contributed by atoms with Crippen LogP contribution >= 0.6 is 0 Å². The molecule has 0 radical (unpaired) electrons. The summed E-state index contributed by atoms with van der Waals surface area (Å²) < 4.78 is 11.8. The van der Waals surface area contributed by atoms with Crippen LogP contribution in [0.5, 0.6) is 0 Å². The molecular formula is C17H19NO2S. The third kappa shape index (κ3) is 4.53. The fourth-order valence-electron chi connectivity index (χ4n) is 2.17. The molecule has 0 saturated heterocycles. The van der Waals surface area contributed by atoms with Gasteiger partial charge in [-0.15, -0.1) is 0 Å². The first kappa shape index (κ1) is 15.4. The molecule has 3 nitrogen and oxygen atoms in total. The van der Waals surface area contributed by atoms with Crippen LogP contribution in [0.25, 0.3) is 11.1 Å². The van der Waals surface area contributed by atoms with Gasteiger partial charge in [-0.3, -0.25) is 9.00 Å². The Balaban J connectivity index is 2.16. The Hall–Kier alpha value is -1.94. The number of primary amides is 1. The maximum absolute atomic E-state index is 11.8. The molecule has 2 rings (SSSR count). The summed E-state index contributed by atoms with van der Waals surface area (Å²) in [6.07, 6.45) is 1.02. The van der Waals surface area contributed by atoms with Crippen LogP contribution in [0.2, 0.25) is 0 Å². The number of aryl methyl sites for hydroxylation is 1. The smallest absolute Gasteiger partial charge is 0.230 e. The summed E-state index contributed by atoms with van der Waals surface area (Å²) in [5, 5.41) is 0. The van der Waals surface area contributed by atoms with Gasteiger partial charge < -0.3 is 5.73 Å². The van der Waals surface area contributed by atoms with Crippen molar-refractivity contribution < 1.29 is 9.00 Å². The second-order valence-electron chi connectivity index (χ2n) is 4.95. The molecule has 1 atom stereocenters. The van der Waals surface area contributed by atoms with Gasteiger partial charge in [-0.25, -0.2) is 0 Å². The summed E-state index contributed by atoms with van der Waals surface area (Å²) in [7, 11) is -1.25. The number of carbonyl (C=O) groups excluding carboxylic acids is 1. The highest BCUT2D eigenvalue weighted by atomic mass is 32.2. The van der Waals surface area contributed by atoms with E-state index in [1.54, 1.807) is 0 Å². The SMILES string of the molecule is CCc1ccc(-c2cccc(CS(=O)CC(N)=O)c2)cc1. The minimum Gasteiger partial charge on any atom is -0.369 e. The zero-order valence-corrected chi connectivity index (χ0v) is 12.9. The first-order chi connectivity index (χ1) is 10.1. The Bertz CT molecular complexity index is 650. The van der Waals surface area contributed by atoms with Gasteiger partial charge in [0, 0.05) is 16.6 Å². The lowest BCUT2D eigenvalue weighted by molar-refractivity contribution is -0.115. The van der Waals surface area contributed by atoms with Crippen molar-refractivity contribution in [1.29, 1.82) is 0 Å². The molecule has 110 valence electrons. The standard InChI is InChI=1S/C17H19NO2S/c1-2-13-6-8-15(9-7-13)16-5-3-4-14(10-16)11-21(20)12-17(18)19/h3-10H,2,11-12H2,1H3,(H2,18,19). The van der Waals surface area contributed by atoms with Crippen molar-refractivity contribution in [1.82, 2.24) is 0 Å². The van der Waals surface area contributed by atoms with Gasteiger partial charge >= 0.3 is 0 Å². The summed E-state index contributed by atoms with van der Waals surface area (Å²) in [6, 6.07) is 16.3. The van der Waals surface area contributed by atoms with Gasteiger partial charge in [0.1, 0.15) is 5.75 Å². The summed E-state index contributed by atoms with van der Waals surface area (Å²) in [4.78, 5) is 10.8. The zero-order chi connectivity index (χ0) is 15.2. The van der Waals surface area contributed by atoms with Crippen molar-refractivity contribution in [2.45, 2.75) is 19.1 Å². The van der Waals surface area contributed by atoms with Crippen molar-refractivity contribution in [3.63, 3.8) is 0 Å². The molecule has 1 unspecified atom stereocenters. The summed E-state index contributed by atoms with van der Waals surface area (Å²) in [6.45, 7) is 2.13. The van der Waals surface area contributed by atoms with Crippen LogP contribution in [0.1, 0.15) is 18.1 Å². The van der Waals surface area contributed by atoms with E-state index in [9.17, 15) is 9.00 Å². The number of hydrogen-bond donors (Lipinski definition) is 1. The van der Waals surface area contributed by atoms with Gasteiger partial charge in [-0.2, -0.15) is 0 Å². The monoisotopic (exact) mass is 301 g/mol. The van der Waals surface area contributed by atoms with Crippen LogP contribution < -0.4 is 5.73 Å². The second-order valence-corrected chi connectivity index (χ2v) is 6.40. The van der Waals surface area contributed by atoms with Crippen molar-refractivity contribution >= 4 is 16.7 Å². The number of nitrogens with two attached hydrogens (primary N) is 1. The van der Waals surface area contributed by atoms with Gasteiger partial charge in [0.05, 0.1) is 0 Å². The van der Waals surface area contributed by atoms with Gasteiger partial charge in [-0.05, 0) is 28.7 Å². The largest absolute Gasteiger partial charge is 0.369 e. The molecule has 0 saturated carbocycles. The summed E-state index contributed by atoms with van der Waals surface area (Å²) in [5.41, 5.74) is 9.54. The van der Waals surface area contributed by atoms with E-state index < -0.39 is 16.7 Å². The maximum atomic E-state index is 11.8. The zero-order valence-electron chi connectivity index (χ0n) is 12.0. The number of benzene rings is 2. The Morgan fingerprint density at radius 3 is 2.38 bits per heavy atom. The highest BCUT2D eigenvalue weighted by Gasteiger charge is 2.06. The van der Waals surface area contributed by atoms with Gasteiger partial charge in [0.2, 0.25) is 5.91 Å². The molecule has 0 spiro atoms. The molecule has 2 aromatic rings. The third-order valence-electron chi connectivity index (χ3n) is 3.25. The van der Waals surface area contributed by atoms with Crippen LogP contribution in [0, 0.1) is 0 Å². The fraction of sp³-hybridized carbons (Fsp3) is 0.235. The van der Waals surface area contributed by atoms with E-state index >= 15 is 0 Å². The predicted octanol–water partition coefficient (Wildman–Crippen LogP) is 2.65.